The van der Waals surface area contributed by atoms with Crippen LogP contribution in [-0.2, 0) is 6.54 Å². The van der Waals surface area contributed by atoms with Crippen LogP contribution in [0.4, 0.5) is 0 Å². The largest absolute Gasteiger partial charge is 0.504 e. The molecule has 92 valence electrons. The fourth-order valence-corrected chi connectivity index (χ4v) is 1.49. The number of nitrogens with one attached hydrogen (secondary N) is 1. The van der Waals surface area contributed by atoms with Gasteiger partial charge in [0.25, 0.3) is 0 Å². The Labute approximate surface area is 103 Å². The number of hydrogen-bond acceptors (Lipinski definition) is 3. The smallest absolute Gasteiger partial charge is 0.161 e. The Morgan fingerprint density at radius 3 is 3.00 bits per heavy atom. The maximum absolute atomic E-state index is 9.54. The summed E-state index contributed by atoms with van der Waals surface area (Å²) < 4.78 is 5.32. The van der Waals surface area contributed by atoms with Crippen molar-refractivity contribution < 1.29 is 9.84 Å². The topological polar surface area (TPSA) is 41.5 Å². The number of ether oxygens (including phenoxy) is 1. The first-order valence-electron chi connectivity index (χ1n) is 5.86. The van der Waals surface area contributed by atoms with Gasteiger partial charge in [0.05, 0.1) is 6.61 Å². The maximum Gasteiger partial charge on any atom is 0.161 e. The Bertz CT molecular complexity index is 382. The zero-order chi connectivity index (χ0) is 12.5. The summed E-state index contributed by atoms with van der Waals surface area (Å²) in [7, 11) is 0. The molecule has 0 fully saturated rings. The van der Waals surface area contributed by atoms with E-state index in [-0.39, 0.29) is 5.75 Å². The van der Waals surface area contributed by atoms with Gasteiger partial charge in [-0.2, -0.15) is 0 Å². The van der Waals surface area contributed by atoms with Crippen molar-refractivity contribution >= 4 is 0 Å². The highest BCUT2D eigenvalue weighted by Crippen LogP contribution is 2.26. The number of rotatable bonds is 7. The van der Waals surface area contributed by atoms with Crippen molar-refractivity contribution in [2.24, 2.45) is 0 Å². The van der Waals surface area contributed by atoms with Gasteiger partial charge in [0.15, 0.2) is 11.5 Å². The number of unbranched alkanes of at least 4 members (excludes halogenated alkanes) is 1. The summed E-state index contributed by atoms with van der Waals surface area (Å²) in [5, 5.41) is 12.8. The van der Waals surface area contributed by atoms with Crippen LogP contribution in [0.1, 0.15) is 25.3 Å². The second-order valence-electron chi connectivity index (χ2n) is 3.72. The molecule has 0 atom stereocenters. The number of phenolic OH excluding ortho intramolecular Hbond substituents is 1. The summed E-state index contributed by atoms with van der Waals surface area (Å²) in [5.74, 6) is 3.33. The summed E-state index contributed by atoms with van der Waals surface area (Å²) >= 11 is 0. The van der Waals surface area contributed by atoms with Gasteiger partial charge in [0, 0.05) is 13.0 Å². The van der Waals surface area contributed by atoms with Crippen LogP contribution in [0.2, 0.25) is 0 Å². The lowest BCUT2D eigenvalue weighted by molar-refractivity contribution is 0.317. The monoisotopic (exact) mass is 233 g/mol. The molecule has 3 heteroatoms. The first kappa shape index (κ1) is 13.4. The normalized spacial score (nSPS) is 9.88. The zero-order valence-electron chi connectivity index (χ0n) is 10.2. The lowest BCUT2D eigenvalue weighted by atomic mass is 10.2. The van der Waals surface area contributed by atoms with Gasteiger partial charge in [-0.3, -0.25) is 0 Å². The fraction of sp³-hybridized carbons (Fsp3) is 0.429. The van der Waals surface area contributed by atoms with Crippen molar-refractivity contribution in [3.8, 4) is 23.8 Å². The van der Waals surface area contributed by atoms with E-state index >= 15 is 0 Å². The third kappa shape index (κ3) is 4.80. The fourth-order valence-electron chi connectivity index (χ4n) is 1.49. The molecule has 0 unspecified atom stereocenters. The van der Waals surface area contributed by atoms with Gasteiger partial charge >= 0.3 is 0 Å². The van der Waals surface area contributed by atoms with Crippen molar-refractivity contribution in [3.63, 3.8) is 0 Å². The van der Waals surface area contributed by atoms with Gasteiger partial charge < -0.3 is 15.2 Å². The molecule has 1 rings (SSSR count). The Morgan fingerprint density at radius 2 is 2.29 bits per heavy atom. The molecule has 0 amide bonds. The first-order chi connectivity index (χ1) is 8.27. The average Bonchev–Trinajstić information content (AvgIpc) is 2.33. The summed E-state index contributed by atoms with van der Waals surface area (Å²) in [6.45, 7) is 4.09. The highest BCUT2D eigenvalue weighted by atomic mass is 16.5. The van der Waals surface area contributed by atoms with E-state index in [4.69, 9.17) is 11.2 Å². The van der Waals surface area contributed by atoms with E-state index in [1.54, 1.807) is 6.07 Å². The molecule has 0 spiro atoms. The number of terminal acetylenes is 1. The van der Waals surface area contributed by atoms with Crippen molar-refractivity contribution in [2.45, 2.75) is 26.3 Å². The molecule has 0 bridgehead atoms. The number of aromatic hydroxyl groups is 1. The van der Waals surface area contributed by atoms with Crippen LogP contribution in [-0.4, -0.2) is 18.3 Å². The van der Waals surface area contributed by atoms with E-state index < -0.39 is 0 Å². The van der Waals surface area contributed by atoms with Gasteiger partial charge in [0.1, 0.15) is 0 Å². The zero-order valence-corrected chi connectivity index (χ0v) is 10.2. The summed E-state index contributed by atoms with van der Waals surface area (Å²) in [6, 6.07) is 5.39. The van der Waals surface area contributed by atoms with Crippen LogP contribution in [0.25, 0.3) is 0 Å². The van der Waals surface area contributed by atoms with E-state index in [9.17, 15) is 5.11 Å². The maximum atomic E-state index is 9.54. The highest BCUT2D eigenvalue weighted by molar-refractivity contribution is 5.41. The average molecular weight is 233 g/mol. The third-order valence-electron chi connectivity index (χ3n) is 2.33. The minimum absolute atomic E-state index is 0.183. The lowest BCUT2D eigenvalue weighted by Crippen LogP contribution is -2.14. The van der Waals surface area contributed by atoms with E-state index in [2.05, 4.69) is 11.2 Å². The molecule has 0 saturated carbocycles. The Morgan fingerprint density at radius 1 is 1.47 bits per heavy atom. The SMILES string of the molecule is C#CCCCNCc1ccc(O)c(OCC)c1. The molecule has 3 nitrogen and oxygen atoms in total. The van der Waals surface area contributed by atoms with E-state index in [1.165, 1.54) is 0 Å². The van der Waals surface area contributed by atoms with Crippen LogP contribution in [0, 0.1) is 12.3 Å². The van der Waals surface area contributed by atoms with E-state index in [0.29, 0.717) is 12.4 Å². The minimum atomic E-state index is 0.183. The third-order valence-corrected chi connectivity index (χ3v) is 2.33. The van der Waals surface area contributed by atoms with Crippen molar-refractivity contribution in [2.75, 3.05) is 13.2 Å². The molecule has 0 heterocycles. The van der Waals surface area contributed by atoms with Crippen LogP contribution in [0.5, 0.6) is 11.5 Å². The minimum Gasteiger partial charge on any atom is -0.504 e. The van der Waals surface area contributed by atoms with Gasteiger partial charge in [-0.1, -0.05) is 6.07 Å². The highest BCUT2D eigenvalue weighted by Gasteiger charge is 2.02. The molecule has 0 aliphatic heterocycles. The predicted molar refractivity (Wildman–Crippen MR) is 69.0 cm³/mol. The van der Waals surface area contributed by atoms with Crippen LogP contribution < -0.4 is 10.1 Å². The van der Waals surface area contributed by atoms with Crippen molar-refractivity contribution in [1.29, 1.82) is 0 Å². The molecule has 0 aliphatic carbocycles. The summed E-state index contributed by atoms with van der Waals surface area (Å²) in [5.41, 5.74) is 1.09. The molecule has 0 saturated heterocycles. The van der Waals surface area contributed by atoms with E-state index in [0.717, 1.165) is 31.5 Å². The molecule has 0 radical (unpaired) electrons. The van der Waals surface area contributed by atoms with Crippen molar-refractivity contribution in [3.05, 3.63) is 23.8 Å². The Hall–Kier alpha value is -1.66. The van der Waals surface area contributed by atoms with Crippen molar-refractivity contribution in [1.82, 2.24) is 5.32 Å². The van der Waals surface area contributed by atoms with E-state index in [1.807, 2.05) is 19.1 Å². The molecular weight excluding hydrogens is 214 g/mol. The first-order valence-corrected chi connectivity index (χ1v) is 5.86. The second-order valence-corrected chi connectivity index (χ2v) is 3.72. The van der Waals surface area contributed by atoms with Crippen LogP contribution in [0.15, 0.2) is 18.2 Å². The molecule has 0 aromatic heterocycles. The Kier molecular flexibility index (Phi) is 5.98. The summed E-state index contributed by atoms with van der Waals surface area (Å²) in [6.07, 6.45) is 6.95. The Balaban J connectivity index is 2.43. The van der Waals surface area contributed by atoms with Gasteiger partial charge in [-0.25, -0.2) is 0 Å². The molecule has 1 aromatic carbocycles. The quantitative estimate of drug-likeness (QED) is 0.561. The number of phenols is 1. The number of benzene rings is 1. The molecule has 1 aromatic rings. The van der Waals surface area contributed by atoms with Gasteiger partial charge in [0.2, 0.25) is 0 Å². The lowest BCUT2D eigenvalue weighted by Gasteiger charge is -2.09. The number of hydrogen-bond donors (Lipinski definition) is 2. The molecule has 0 aliphatic rings. The molecular formula is C14H19NO2. The molecule has 2 N–H and O–H groups in total. The predicted octanol–water partition coefficient (Wildman–Crippen LogP) is 2.29. The van der Waals surface area contributed by atoms with Crippen LogP contribution >= 0.6 is 0 Å². The van der Waals surface area contributed by atoms with Gasteiger partial charge in [-0.05, 0) is 37.6 Å². The van der Waals surface area contributed by atoms with Crippen LogP contribution in [0.3, 0.4) is 0 Å². The summed E-state index contributed by atoms with van der Waals surface area (Å²) in [4.78, 5) is 0. The standard InChI is InChI=1S/C14H19NO2/c1-3-5-6-9-15-11-12-7-8-13(16)14(10-12)17-4-2/h1,7-8,10,15-16H,4-6,9,11H2,2H3. The second kappa shape index (κ2) is 7.59. The van der Waals surface area contributed by atoms with Gasteiger partial charge in [-0.15, -0.1) is 12.3 Å². The molecule has 17 heavy (non-hydrogen) atoms.